The van der Waals surface area contributed by atoms with Crippen molar-refractivity contribution in [1.29, 1.82) is 0 Å². The summed E-state index contributed by atoms with van der Waals surface area (Å²) in [4.78, 5) is 11.8. The van der Waals surface area contributed by atoms with Gasteiger partial charge in [0, 0.05) is 12.4 Å². The zero-order valence-corrected chi connectivity index (χ0v) is 15.8. The Hall–Kier alpha value is -3.27. The normalized spacial score (nSPS) is 11.6. The molecule has 0 aliphatic carbocycles. The van der Waals surface area contributed by atoms with Crippen molar-refractivity contribution < 1.29 is 22.0 Å². The summed E-state index contributed by atoms with van der Waals surface area (Å²) in [6.45, 7) is 0. The van der Waals surface area contributed by atoms with Crippen molar-refractivity contribution in [3.63, 3.8) is 0 Å². The second-order valence-corrected chi connectivity index (χ2v) is 7.12. The molecule has 4 nitrogen and oxygen atoms in total. The minimum absolute atomic E-state index is 0.0487. The summed E-state index contributed by atoms with van der Waals surface area (Å²) >= 11 is 1.15. The van der Waals surface area contributed by atoms with E-state index in [1.54, 1.807) is 36.4 Å². The standard InChI is InChI=1S/C20H11F5N4S/c21-15-8-7-13(19(22)27-15)14-3-1-5-17(26-14)30-18-6-2-4-16(28-18)29-10-9-12(11-29)20(23,24)25/h1-11H. The van der Waals surface area contributed by atoms with Gasteiger partial charge in [-0.15, -0.1) is 0 Å². The van der Waals surface area contributed by atoms with Gasteiger partial charge in [-0.3, -0.25) is 0 Å². The van der Waals surface area contributed by atoms with Gasteiger partial charge in [0.2, 0.25) is 11.9 Å². The Labute approximate surface area is 171 Å². The fourth-order valence-electron chi connectivity index (χ4n) is 2.64. The SMILES string of the molecule is Fc1ccc(-c2cccc(Sc3cccc(-n4ccc(C(F)(F)F)c4)n3)n2)c(F)n1. The van der Waals surface area contributed by atoms with Gasteiger partial charge in [0.05, 0.1) is 16.8 Å². The lowest BCUT2D eigenvalue weighted by Gasteiger charge is -2.07. The first-order chi connectivity index (χ1) is 14.3. The molecule has 0 aromatic carbocycles. The van der Waals surface area contributed by atoms with Crippen LogP contribution in [0.2, 0.25) is 0 Å². The fourth-order valence-corrected chi connectivity index (χ4v) is 3.43. The van der Waals surface area contributed by atoms with Crippen LogP contribution >= 0.6 is 11.8 Å². The highest BCUT2D eigenvalue weighted by Crippen LogP contribution is 2.31. The van der Waals surface area contributed by atoms with Crippen molar-refractivity contribution in [3.8, 4) is 17.1 Å². The third-order valence-electron chi connectivity index (χ3n) is 4.02. The zero-order chi connectivity index (χ0) is 21.3. The highest BCUT2D eigenvalue weighted by Gasteiger charge is 2.31. The van der Waals surface area contributed by atoms with Gasteiger partial charge in [-0.05, 0) is 42.5 Å². The van der Waals surface area contributed by atoms with Gasteiger partial charge < -0.3 is 4.57 Å². The van der Waals surface area contributed by atoms with E-state index in [0.29, 0.717) is 15.9 Å². The second kappa shape index (κ2) is 7.86. The molecule has 0 bridgehead atoms. The van der Waals surface area contributed by atoms with Gasteiger partial charge in [0.15, 0.2) is 0 Å². The summed E-state index contributed by atoms with van der Waals surface area (Å²) in [6, 6.07) is 13.1. The third kappa shape index (κ3) is 4.33. The smallest absolute Gasteiger partial charge is 0.308 e. The number of hydrogen-bond donors (Lipinski definition) is 0. The van der Waals surface area contributed by atoms with E-state index in [1.165, 1.54) is 16.8 Å². The number of pyridine rings is 3. The first kappa shape index (κ1) is 20.0. The van der Waals surface area contributed by atoms with Crippen LogP contribution in [0, 0.1) is 11.9 Å². The summed E-state index contributed by atoms with van der Waals surface area (Å²) in [5, 5.41) is 0.960. The molecule has 152 valence electrons. The van der Waals surface area contributed by atoms with Crippen LogP contribution in [0.15, 0.2) is 77.0 Å². The van der Waals surface area contributed by atoms with Crippen molar-refractivity contribution in [2.45, 2.75) is 16.2 Å². The number of nitrogens with zero attached hydrogens (tertiary/aromatic N) is 4. The Morgan fingerprint density at radius 3 is 2.23 bits per heavy atom. The van der Waals surface area contributed by atoms with Gasteiger partial charge in [0.1, 0.15) is 15.9 Å². The summed E-state index contributed by atoms with van der Waals surface area (Å²) in [5.41, 5.74) is -0.458. The third-order valence-corrected chi connectivity index (χ3v) is 4.89. The van der Waals surface area contributed by atoms with Crippen molar-refractivity contribution in [2.24, 2.45) is 0 Å². The summed E-state index contributed by atoms with van der Waals surface area (Å²) in [5.74, 6) is -1.60. The Balaban J connectivity index is 1.60. The quantitative estimate of drug-likeness (QED) is 0.302. The van der Waals surface area contributed by atoms with Crippen LogP contribution in [0.25, 0.3) is 17.1 Å². The van der Waals surface area contributed by atoms with Crippen LogP contribution in [0.4, 0.5) is 22.0 Å². The molecule has 0 radical (unpaired) electrons. The molecule has 0 saturated heterocycles. The molecule has 4 aromatic heterocycles. The lowest BCUT2D eigenvalue weighted by atomic mass is 10.2. The molecule has 0 amide bonds. The maximum atomic E-state index is 13.9. The van der Waals surface area contributed by atoms with Gasteiger partial charge >= 0.3 is 6.18 Å². The number of aromatic nitrogens is 4. The molecule has 4 aromatic rings. The molecule has 0 aliphatic heterocycles. The Bertz CT molecular complexity index is 1210. The van der Waals surface area contributed by atoms with Crippen LogP contribution in [0.3, 0.4) is 0 Å². The topological polar surface area (TPSA) is 43.6 Å². The zero-order valence-electron chi connectivity index (χ0n) is 14.9. The fraction of sp³-hybridized carbons (Fsp3) is 0.0500. The van der Waals surface area contributed by atoms with Gasteiger partial charge in [0.25, 0.3) is 0 Å². The number of alkyl halides is 3. The Kier molecular flexibility index (Phi) is 5.25. The lowest BCUT2D eigenvalue weighted by Crippen LogP contribution is -2.03. The molecule has 0 N–H and O–H groups in total. The van der Waals surface area contributed by atoms with E-state index in [9.17, 15) is 22.0 Å². The summed E-state index contributed by atoms with van der Waals surface area (Å²) in [6.07, 6.45) is -2.20. The molecular formula is C20H11F5N4S. The molecule has 30 heavy (non-hydrogen) atoms. The molecule has 0 fully saturated rings. The van der Waals surface area contributed by atoms with Crippen LogP contribution in [0.1, 0.15) is 5.56 Å². The van der Waals surface area contributed by atoms with Gasteiger partial charge in [-0.25, -0.2) is 9.97 Å². The maximum Gasteiger partial charge on any atom is 0.417 e. The predicted octanol–water partition coefficient (Wildman–Crippen LogP) is 5.78. The minimum Gasteiger partial charge on any atom is -0.308 e. The van der Waals surface area contributed by atoms with Crippen LogP contribution in [-0.4, -0.2) is 19.5 Å². The van der Waals surface area contributed by atoms with E-state index >= 15 is 0 Å². The van der Waals surface area contributed by atoms with Crippen molar-refractivity contribution in [2.75, 3.05) is 0 Å². The largest absolute Gasteiger partial charge is 0.417 e. The molecule has 10 heteroatoms. The number of rotatable bonds is 4. The molecule has 0 aliphatic rings. The highest BCUT2D eigenvalue weighted by molar-refractivity contribution is 7.99. The number of halogens is 5. The average molecular weight is 434 g/mol. The van der Waals surface area contributed by atoms with Crippen LogP contribution in [-0.2, 0) is 6.18 Å². The Morgan fingerprint density at radius 1 is 0.800 bits per heavy atom. The second-order valence-electron chi connectivity index (χ2n) is 6.07. The van der Waals surface area contributed by atoms with Crippen molar-refractivity contribution in [1.82, 2.24) is 19.5 Å². The van der Waals surface area contributed by atoms with Crippen LogP contribution in [0.5, 0.6) is 0 Å². The van der Waals surface area contributed by atoms with Gasteiger partial charge in [-0.2, -0.15) is 26.9 Å². The first-order valence-electron chi connectivity index (χ1n) is 8.49. The monoisotopic (exact) mass is 434 g/mol. The van der Waals surface area contributed by atoms with Crippen LogP contribution < -0.4 is 0 Å². The van der Waals surface area contributed by atoms with E-state index in [-0.39, 0.29) is 11.3 Å². The minimum atomic E-state index is -4.44. The van der Waals surface area contributed by atoms with E-state index in [4.69, 9.17) is 0 Å². The molecule has 0 atom stereocenters. The van der Waals surface area contributed by atoms with E-state index in [0.717, 1.165) is 30.1 Å². The van der Waals surface area contributed by atoms with Crippen molar-refractivity contribution >= 4 is 11.8 Å². The molecule has 0 spiro atoms. The maximum absolute atomic E-state index is 13.9. The first-order valence-corrected chi connectivity index (χ1v) is 9.31. The lowest BCUT2D eigenvalue weighted by molar-refractivity contribution is -0.137. The molecule has 0 saturated carbocycles. The summed E-state index contributed by atoms with van der Waals surface area (Å²) < 4.78 is 66.7. The van der Waals surface area contributed by atoms with E-state index in [1.807, 2.05) is 0 Å². The van der Waals surface area contributed by atoms with E-state index in [2.05, 4.69) is 15.0 Å². The van der Waals surface area contributed by atoms with Gasteiger partial charge in [-0.1, -0.05) is 23.9 Å². The van der Waals surface area contributed by atoms with Crippen molar-refractivity contribution in [3.05, 3.63) is 84.4 Å². The summed E-state index contributed by atoms with van der Waals surface area (Å²) in [7, 11) is 0. The van der Waals surface area contributed by atoms with E-state index < -0.39 is 23.6 Å². The Morgan fingerprint density at radius 2 is 1.53 bits per heavy atom. The highest BCUT2D eigenvalue weighted by atomic mass is 32.2. The number of hydrogen-bond acceptors (Lipinski definition) is 4. The molecule has 0 unspecified atom stereocenters. The molecule has 4 rings (SSSR count). The average Bonchev–Trinajstić information content (AvgIpc) is 3.19. The molecular weight excluding hydrogens is 423 g/mol. The predicted molar refractivity (Wildman–Crippen MR) is 100 cm³/mol. The molecule has 4 heterocycles.